The van der Waals surface area contributed by atoms with Gasteiger partial charge in [-0.15, -0.1) is 0 Å². The molecule has 0 bridgehead atoms. The van der Waals surface area contributed by atoms with E-state index < -0.39 is 30.3 Å². The molecule has 2 aliphatic rings. The number of nitrogens with one attached hydrogen (secondary N) is 1. The number of benzene rings is 1. The van der Waals surface area contributed by atoms with Crippen LogP contribution in [-0.4, -0.2) is 81.3 Å². The molecule has 7 rings (SSSR count). The van der Waals surface area contributed by atoms with E-state index in [9.17, 15) is 4.79 Å². The first-order valence-corrected chi connectivity index (χ1v) is 14.6. The number of carbonyl (C=O) groups is 1. The summed E-state index contributed by atoms with van der Waals surface area (Å²) in [7, 11) is 0. The van der Waals surface area contributed by atoms with Crippen LogP contribution < -0.4 is 16.8 Å². The van der Waals surface area contributed by atoms with Gasteiger partial charge < -0.3 is 31.0 Å². The molecule has 1 aromatic carbocycles. The molecular formula is C27H29N11O4S. The van der Waals surface area contributed by atoms with Crippen LogP contribution >= 0.6 is 11.8 Å². The number of carbonyl (C=O) groups excluding carboxylic acids is 1. The van der Waals surface area contributed by atoms with Crippen molar-refractivity contribution in [3.8, 4) is 0 Å². The molecule has 43 heavy (non-hydrogen) atoms. The summed E-state index contributed by atoms with van der Waals surface area (Å²) in [5.74, 6) is -0.357. The summed E-state index contributed by atoms with van der Waals surface area (Å²) in [5.41, 5.74) is 15.2. The van der Waals surface area contributed by atoms with Gasteiger partial charge in [-0.05, 0) is 19.4 Å². The average molecular weight is 604 g/mol. The van der Waals surface area contributed by atoms with Crippen molar-refractivity contribution in [1.82, 2.24) is 44.4 Å². The fourth-order valence-corrected chi connectivity index (χ4v) is 6.28. The molecular weight excluding hydrogens is 574 g/mol. The second-order valence-corrected chi connectivity index (χ2v) is 11.6. The lowest BCUT2D eigenvalue weighted by atomic mass is 10.1. The minimum atomic E-state index is -0.831. The number of imidazole rings is 2. The highest BCUT2D eigenvalue weighted by Crippen LogP contribution is 2.43. The van der Waals surface area contributed by atoms with Gasteiger partial charge in [-0.3, -0.25) is 13.9 Å². The molecule has 1 unspecified atom stereocenters. The Kier molecular flexibility index (Phi) is 6.84. The molecule has 4 atom stereocenters. The van der Waals surface area contributed by atoms with Gasteiger partial charge in [-0.2, -0.15) is 0 Å². The monoisotopic (exact) mass is 603 g/mol. The summed E-state index contributed by atoms with van der Waals surface area (Å²) in [5, 5.41) is 3.59. The molecule has 2 aliphatic heterocycles. The molecule has 16 heteroatoms. The van der Waals surface area contributed by atoms with Crippen molar-refractivity contribution in [2.24, 2.45) is 0 Å². The largest absolute Gasteiger partial charge is 0.382 e. The van der Waals surface area contributed by atoms with Crippen molar-refractivity contribution in [1.29, 1.82) is 0 Å². The van der Waals surface area contributed by atoms with Crippen LogP contribution in [-0.2, 0) is 25.5 Å². The summed E-state index contributed by atoms with van der Waals surface area (Å²) >= 11 is 1.29. The number of hydrogen-bond acceptors (Lipinski definition) is 13. The molecule has 6 heterocycles. The van der Waals surface area contributed by atoms with Crippen molar-refractivity contribution in [3.63, 3.8) is 0 Å². The second-order valence-electron chi connectivity index (χ2n) is 10.7. The number of nitrogens with two attached hydrogens (primary N) is 2. The van der Waals surface area contributed by atoms with E-state index in [0.717, 1.165) is 5.56 Å². The third-order valence-corrected chi connectivity index (χ3v) is 8.30. The zero-order valence-corrected chi connectivity index (χ0v) is 24.1. The predicted octanol–water partition coefficient (Wildman–Crippen LogP) is 1.50. The smallest absolute Gasteiger partial charge is 0.230 e. The van der Waals surface area contributed by atoms with Crippen LogP contribution in [0.4, 0.5) is 11.6 Å². The number of nitrogens with zero attached hydrogens (tertiary/aromatic N) is 8. The standard InChI is InChI=1S/C27H29N11O4S/c1-27(2)41-19-15(40-25(20(19)42-27)38-13-35-17-21(28)31-11-33-23(17)38)8-30-16(39)10-43-26-36-18-22(29)32-12-34-24(18)37(26)9-14-6-4-3-5-7-14/h3-7,11-13,15,19-20,25H,8-10H2,1-2H3,(H,30,39)(H2,28,31,33)(H2,29,32,34)/t15-,19?,20+,25-/m1/s1. The maximum Gasteiger partial charge on any atom is 0.230 e. The van der Waals surface area contributed by atoms with Gasteiger partial charge >= 0.3 is 0 Å². The number of ether oxygens (including phenoxy) is 3. The highest BCUT2D eigenvalue weighted by Gasteiger charge is 2.56. The SMILES string of the molecule is CC1(C)OC2[C@@H](CNC(=O)CSc3nc4c(N)ncnc4n3Cc3ccccc3)O[C@@H](n3cnc4c(N)ncnc43)[C@H]2O1. The van der Waals surface area contributed by atoms with E-state index in [4.69, 9.17) is 25.7 Å². The third kappa shape index (κ3) is 5.11. The number of thioether (sulfide) groups is 1. The number of aromatic nitrogens is 8. The molecule has 5 N–H and O–H groups in total. The molecule has 0 spiro atoms. The average Bonchev–Trinajstić information content (AvgIpc) is 3.73. The van der Waals surface area contributed by atoms with Crippen LogP contribution in [0.2, 0.25) is 0 Å². The Balaban J connectivity index is 1.05. The van der Waals surface area contributed by atoms with E-state index in [-0.39, 0.29) is 29.8 Å². The van der Waals surface area contributed by atoms with Gasteiger partial charge in [0.15, 0.2) is 45.6 Å². The van der Waals surface area contributed by atoms with Crippen LogP contribution in [0.1, 0.15) is 25.6 Å². The first-order valence-electron chi connectivity index (χ1n) is 13.6. The number of hydrogen-bond donors (Lipinski definition) is 3. The molecule has 222 valence electrons. The van der Waals surface area contributed by atoms with Gasteiger partial charge in [0.25, 0.3) is 0 Å². The first kappa shape index (κ1) is 27.5. The van der Waals surface area contributed by atoms with E-state index in [1.807, 2.05) is 48.7 Å². The van der Waals surface area contributed by atoms with Crippen LogP contribution in [0.5, 0.6) is 0 Å². The fourth-order valence-electron chi connectivity index (χ4n) is 5.45. The zero-order chi connectivity index (χ0) is 29.7. The molecule has 0 saturated carbocycles. The maximum atomic E-state index is 13.1. The van der Waals surface area contributed by atoms with Gasteiger partial charge in [-0.1, -0.05) is 42.1 Å². The Morgan fingerprint density at radius 1 is 0.977 bits per heavy atom. The van der Waals surface area contributed by atoms with Crippen molar-refractivity contribution in [2.45, 2.75) is 55.9 Å². The minimum Gasteiger partial charge on any atom is -0.382 e. The van der Waals surface area contributed by atoms with Crippen LogP contribution in [0.15, 0.2) is 54.5 Å². The van der Waals surface area contributed by atoms with Crippen molar-refractivity contribution in [2.75, 3.05) is 23.8 Å². The summed E-state index contributed by atoms with van der Waals surface area (Å²) in [6.45, 7) is 4.42. The molecule has 1 amide bonds. The molecule has 0 aliphatic carbocycles. The Morgan fingerprint density at radius 3 is 2.49 bits per heavy atom. The fraction of sp³-hybridized carbons (Fsp3) is 0.370. The van der Waals surface area contributed by atoms with Gasteiger partial charge in [0.05, 0.1) is 18.6 Å². The van der Waals surface area contributed by atoms with Crippen LogP contribution in [0.3, 0.4) is 0 Å². The molecule has 15 nitrogen and oxygen atoms in total. The highest BCUT2D eigenvalue weighted by molar-refractivity contribution is 7.99. The summed E-state index contributed by atoms with van der Waals surface area (Å²) in [6.07, 6.45) is 2.43. The summed E-state index contributed by atoms with van der Waals surface area (Å²) in [6, 6.07) is 9.93. The quantitative estimate of drug-likeness (QED) is 0.216. The van der Waals surface area contributed by atoms with E-state index in [1.54, 1.807) is 10.9 Å². The minimum absolute atomic E-state index is 0.112. The van der Waals surface area contributed by atoms with E-state index in [0.29, 0.717) is 34.0 Å². The lowest BCUT2D eigenvalue weighted by Gasteiger charge is -2.24. The lowest BCUT2D eigenvalue weighted by Crippen LogP contribution is -2.40. The van der Waals surface area contributed by atoms with Gasteiger partial charge in [0.1, 0.15) is 36.5 Å². The summed E-state index contributed by atoms with van der Waals surface area (Å²) in [4.78, 5) is 38.9. The molecule has 0 radical (unpaired) electrons. The molecule has 4 aromatic heterocycles. The number of amides is 1. The van der Waals surface area contributed by atoms with Gasteiger partial charge in [-0.25, -0.2) is 29.9 Å². The zero-order valence-electron chi connectivity index (χ0n) is 23.3. The van der Waals surface area contributed by atoms with Crippen LogP contribution in [0, 0.1) is 0 Å². The number of nitrogen functional groups attached to an aromatic ring is 2. The van der Waals surface area contributed by atoms with E-state index in [2.05, 4.69) is 35.2 Å². The van der Waals surface area contributed by atoms with Gasteiger partial charge in [0, 0.05) is 6.54 Å². The van der Waals surface area contributed by atoms with Crippen LogP contribution in [0.25, 0.3) is 22.3 Å². The van der Waals surface area contributed by atoms with Crippen molar-refractivity contribution in [3.05, 3.63) is 54.9 Å². The Hall–Kier alpha value is -4.38. The normalized spacial score (nSPS) is 22.7. The molecule has 2 fully saturated rings. The van der Waals surface area contributed by atoms with Crippen molar-refractivity contribution >= 4 is 51.6 Å². The Morgan fingerprint density at radius 2 is 1.70 bits per heavy atom. The highest BCUT2D eigenvalue weighted by atomic mass is 32.2. The number of fused-ring (bicyclic) bond motifs is 3. The molecule has 5 aromatic rings. The summed E-state index contributed by atoms with van der Waals surface area (Å²) < 4.78 is 22.5. The number of anilines is 2. The first-order chi connectivity index (χ1) is 20.8. The molecule has 2 saturated heterocycles. The van der Waals surface area contributed by atoms with E-state index in [1.165, 1.54) is 24.4 Å². The third-order valence-electron chi connectivity index (χ3n) is 7.33. The van der Waals surface area contributed by atoms with Crippen molar-refractivity contribution < 1.29 is 19.0 Å². The topological polar surface area (TPSA) is 196 Å². The predicted molar refractivity (Wildman–Crippen MR) is 156 cm³/mol. The van der Waals surface area contributed by atoms with Gasteiger partial charge in [0.2, 0.25) is 5.91 Å². The Bertz CT molecular complexity index is 1810. The number of rotatable bonds is 8. The second kappa shape index (κ2) is 10.7. The maximum absolute atomic E-state index is 13.1. The lowest BCUT2D eigenvalue weighted by molar-refractivity contribution is -0.195. The van der Waals surface area contributed by atoms with E-state index >= 15 is 0 Å². The Labute approximate surface area is 249 Å².